The highest BCUT2D eigenvalue weighted by Gasteiger charge is 2.15. The molecule has 1 aliphatic heterocycles. The first-order chi connectivity index (χ1) is 4.84. The topological polar surface area (TPSA) is 20.3 Å². The molecule has 2 nitrogen and oxygen atoms in total. The normalized spacial score (nSPS) is 22.8. The monoisotopic (exact) mass is 159 g/mol. The van der Waals surface area contributed by atoms with E-state index in [9.17, 15) is 4.21 Å². The molecule has 0 spiro atoms. The van der Waals surface area contributed by atoms with E-state index in [1.165, 1.54) is 12.8 Å². The van der Waals surface area contributed by atoms with Crippen molar-refractivity contribution in [2.45, 2.75) is 12.8 Å². The van der Waals surface area contributed by atoms with E-state index in [1.807, 2.05) is 4.31 Å². The molecule has 0 radical (unpaired) electrons. The minimum absolute atomic E-state index is 0.611. The van der Waals surface area contributed by atoms with E-state index in [4.69, 9.17) is 0 Å². The van der Waals surface area contributed by atoms with Crippen molar-refractivity contribution >= 4 is 11.0 Å². The van der Waals surface area contributed by atoms with E-state index in [-0.39, 0.29) is 0 Å². The zero-order chi connectivity index (χ0) is 7.40. The summed E-state index contributed by atoms with van der Waals surface area (Å²) < 4.78 is 13.2. The second-order valence-electron chi connectivity index (χ2n) is 2.41. The summed E-state index contributed by atoms with van der Waals surface area (Å²) >= 11 is 0. The van der Waals surface area contributed by atoms with Crippen molar-refractivity contribution in [3.8, 4) is 0 Å². The first-order valence-corrected chi connectivity index (χ1v) is 4.86. The van der Waals surface area contributed by atoms with Gasteiger partial charge in [-0.15, -0.1) is 6.58 Å². The number of hydrogen-bond acceptors (Lipinski definition) is 1. The van der Waals surface area contributed by atoms with Crippen LogP contribution in [-0.4, -0.2) is 27.4 Å². The standard InChI is InChI=1S/C7H13NOS/c1-2-7-10(9)8-5-3-4-6-8/h2H,1,3-7H2. The quantitative estimate of drug-likeness (QED) is 0.561. The fourth-order valence-electron chi connectivity index (χ4n) is 1.10. The summed E-state index contributed by atoms with van der Waals surface area (Å²) in [6.45, 7) is 5.55. The van der Waals surface area contributed by atoms with Crippen molar-refractivity contribution in [3.05, 3.63) is 12.7 Å². The highest BCUT2D eigenvalue weighted by Crippen LogP contribution is 2.09. The molecule has 0 bridgehead atoms. The summed E-state index contributed by atoms with van der Waals surface area (Å²) in [4.78, 5) is 0. The minimum Gasteiger partial charge on any atom is -0.242 e. The first kappa shape index (κ1) is 7.95. The van der Waals surface area contributed by atoms with Gasteiger partial charge in [0, 0.05) is 13.1 Å². The maximum Gasteiger partial charge on any atom is 0.0981 e. The first-order valence-electron chi connectivity index (χ1n) is 3.59. The Balaban J connectivity index is 2.32. The summed E-state index contributed by atoms with van der Waals surface area (Å²) in [5, 5.41) is 0. The van der Waals surface area contributed by atoms with Crippen LogP contribution >= 0.6 is 0 Å². The molecule has 0 aromatic carbocycles. The second kappa shape index (κ2) is 3.88. The fourth-order valence-corrected chi connectivity index (χ4v) is 2.18. The highest BCUT2D eigenvalue weighted by atomic mass is 32.2. The molecule has 10 heavy (non-hydrogen) atoms. The average Bonchev–Trinajstić information content (AvgIpc) is 2.38. The van der Waals surface area contributed by atoms with Crippen LogP contribution < -0.4 is 0 Å². The molecule has 1 fully saturated rings. The van der Waals surface area contributed by atoms with Crippen molar-refractivity contribution in [2.75, 3.05) is 18.8 Å². The zero-order valence-corrected chi connectivity index (χ0v) is 6.90. The van der Waals surface area contributed by atoms with Crippen LogP contribution in [-0.2, 0) is 11.0 Å². The van der Waals surface area contributed by atoms with Crippen LogP contribution in [0, 0.1) is 0 Å². The molecule has 0 saturated carbocycles. The predicted molar refractivity (Wildman–Crippen MR) is 44.0 cm³/mol. The van der Waals surface area contributed by atoms with E-state index < -0.39 is 11.0 Å². The molecule has 1 heterocycles. The second-order valence-corrected chi connectivity index (χ2v) is 3.91. The molecule has 0 N–H and O–H groups in total. The van der Waals surface area contributed by atoms with Crippen LogP contribution in [0.5, 0.6) is 0 Å². The Morgan fingerprint density at radius 2 is 2.10 bits per heavy atom. The lowest BCUT2D eigenvalue weighted by Gasteiger charge is -2.10. The number of rotatable bonds is 3. The Morgan fingerprint density at radius 3 is 2.60 bits per heavy atom. The molecule has 0 aromatic rings. The van der Waals surface area contributed by atoms with Gasteiger partial charge in [-0.25, -0.2) is 8.51 Å². The molecule has 0 aromatic heterocycles. The van der Waals surface area contributed by atoms with Crippen molar-refractivity contribution in [1.82, 2.24) is 4.31 Å². The van der Waals surface area contributed by atoms with Gasteiger partial charge in [-0.05, 0) is 12.8 Å². The Kier molecular flexibility index (Phi) is 3.09. The van der Waals surface area contributed by atoms with Gasteiger partial charge in [0.1, 0.15) is 0 Å². The van der Waals surface area contributed by atoms with Gasteiger partial charge in [0.05, 0.1) is 16.7 Å². The van der Waals surface area contributed by atoms with Crippen LogP contribution in [0.2, 0.25) is 0 Å². The largest absolute Gasteiger partial charge is 0.242 e. The lowest BCUT2D eigenvalue weighted by Crippen LogP contribution is -2.23. The SMILES string of the molecule is C=CCS(=O)N1CCCC1. The highest BCUT2D eigenvalue weighted by molar-refractivity contribution is 7.82. The molecule has 1 atom stereocenters. The number of hydrogen-bond donors (Lipinski definition) is 0. The summed E-state index contributed by atoms with van der Waals surface area (Å²) in [6, 6.07) is 0. The summed E-state index contributed by atoms with van der Waals surface area (Å²) in [5.41, 5.74) is 0. The lowest BCUT2D eigenvalue weighted by atomic mass is 10.4. The van der Waals surface area contributed by atoms with Gasteiger partial charge < -0.3 is 0 Å². The molecule has 1 saturated heterocycles. The zero-order valence-electron chi connectivity index (χ0n) is 6.08. The molecule has 1 aliphatic rings. The molecule has 1 unspecified atom stereocenters. The summed E-state index contributed by atoms with van der Waals surface area (Å²) in [5.74, 6) is 0.611. The Bertz CT molecular complexity index is 141. The van der Waals surface area contributed by atoms with E-state index in [2.05, 4.69) is 6.58 Å². The molecule has 3 heteroatoms. The van der Waals surface area contributed by atoms with Gasteiger partial charge in [0.2, 0.25) is 0 Å². The summed E-state index contributed by atoms with van der Waals surface area (Å²) in [7, 11) is -0.780. The predicted octanol–water partition coefficient (Wildman–Crippen LogP) is 0.932. The van der Waals surface area contributed by atoms with Crippen LogP contribution in [0.3, 0.4) is 0 Å². The third-order valence-electron chi connectivity index (χ3n) is 1.61. The maximum atomic E-state index is 11.2. The van der Waals surface area contributed by atoms with Gasteiger partial charge in [0.25, 0.3) is 0 Å². The van der Waals surface area contributed by atoms with Gasteiger partial charge in [0.15, 0.2) is 0 Å². The smallest absolute Gasteiger partial charge is 0.0981 e. The van der Waals surface area contributed by atoms with E-state index in [0.717, 1.165) is 13.1 Å². The average molecular weight is 159 g/mol. The third kappa shape index (κ3) is 1.92. The van der Waals surface area contributed by atoms with Crippen molar-refractivity contribution in [1.29, 1.82) is 0 Å². The molecular formula is C7H13NOS. The Hall–Kier alpha value is -0.150. The van der Waals surface area contributed by atoms with Crippen molar-refractivity contribution in [2.24, 2.45) is 0 Å². The third-order valence-corrected chi connectivity index (χ3v) is 3.08. The Morgan fingerprint density at radius 1 is 1.50 bits per heavy atom. The molecule has 0 amide bonds. The number of nitrogens with zero attached hydrogens (tertiary/aromatic N) is 1. The van der Waals surface area contributed by atoms with Crippen molar-refractivity contribution in [3.63, 3.8) is 0 Å². The van der Waals surface area contributed by atoms with Gasteiger partial charge in [-0.3, -0.25) is 0 Å². The molecule has 1 rings (SSSR count). The summed E-state index contributed by atoms with van der Waals surface area (Å²) in [6.07, 6.45) is 4.11. The van der Waals surface area contributed by atoms with Gasteiger partial charge in [-0.1, -0.05) is 6.08 Å². The van der Waals surface area contributed by atoms with Crippen LogP contribution in [0.15, 0.2) is 12.7 Å². The van der Waals surface area contributed by atoms with E-state index in [0.29, 0.717) is 5.75 Å². The fraction of sp³-hybridized carbons (Fsp3) is 0.714. The van der Waals surface area contributed by atoms with Gasteiger partial charge in [-0.2, -0.15) is 0 Å². The Labute approximate surface area is 64.5 Å². The lowest BCUT2D eigenvalue weighted by molar-refractivity contribution is 0.538. The maximum absolute atomic E-state index is 11.2. The van der Waals surface area contributed by atoms with E-state index >= 15 is 0 Å². The van der Waals surface area contributed by atoms with Crippen LogP contribution in [0.4, 0.5) is 0 Å². The van der Waals surface area contributed by atoms with Crippen molar-refractivity contribution < 1.29 is 4.21 Å². The minimum atomic E-state index is -0.780. The molecular weight excluding hydrogens is 146 g/mol. The van der Waals surface area contributed by atoms with Crippen LogP contribution in [0.25, 0.3) is 0 Å². The van der Waals surface area contributed by atoms with Gasteiger partial charge >= 0.3 is 0 Å². The van der Waals surface area contributed by atoms with Crippen LogP contribution in [0.1, 0.15) is 12.8 Å². The molecule has 0 aliphatic carbocycles. The van der Waals surface area contributed by atoms with E-state index in [1.54, 1.807) is 6.08 Å². The molecule has 58 valence electrons.